The largest absolute Gasteiger partial charge is 0.325 e. The van der Waals surface area contributed by atoms with Crippen LogP contribution in [0.1, 0.15) is 0 Å². The van der Waals surface area contributed by atoms with Gasteiger partial charge in [0.05, 0.1) is 15.7 Å². The normalized spacial score (nSPS) is 10.7. The molecule has 1 aromatic carbocycles. The van der Waals surface area contributed by atoms with E-state index in [1.54, 1.807) is 11.3 Å². The molecule has 3 rings (SSSR count). The zero-order chi connectivity index (χ0) is 16.2. The second-order valence-corrected chi connectivity index (χ2v) is 6.71. The first-order valence-corrected chi connectivity index (χ1v) is 8.70. The summed E-state index contributed by atoms with van der Waals surface area (Å²) < 4.78 is 13.1. The Morgan fingerprint density at radius 2 is 2.30 bits per heavy atom. The molecule has 2 aromatic heterocycles. The lowest BCUT2D eigenvalue weighted by Gasteiger charge is -2.04. The minimum absolute atomic E-state index is 0.0370. The number of thioether (sulfide) groups is 1. The summed E-state index contributed by atoms with van der Waals surface area (Å²) in [5.41, 5.74) is 0.441. The molecule has 0 aliphatic rings. The van der Waals surface area contributed by atoms with Crippen LogP contribution in [0.5, 0.6) is 0 Å². The van der Waals surface area contributed by atoms with Crippen LogP contribution in [0, 0.1) is 5.82 Å². The zero-order valence-electron chi connectivity index (χ0n) is 11.5. The number of aromatic amines is 1. The lowest BCUT2D eigenvalue weighted by Crippen LogP contribution is -2.14. The van der Waals surface area contributed by atoms with Crippen LogP contribution in [0.15, 0.2) is 40.9 Å². The highest BCUT2D eigenvalue weighted by molar-refractivity contribution is 7.99. The molecule has 118 valence electrons. The third-order valence-electron chi connectivity index (χ3n) is 2.76. The molecule has 3 aromatic rings. The monoisotopic (exact) mass is 368 g/mol. The molecule has 2 heterocycles. The van der Waals surface area contributed by atoms with Gasteiger partial charge >= 0.3 is 0 Å². The van der Waals surface area contributed by atoms with Gasteiger partial charge in [-0.1, -0.05) is 29.4 Å². The summed E-state index contributed by atoms with van der Waals surface area (Å²) in [6, 6.07) is 7.88. The third kappa shape index (κ3) is 4.10. The minimum Gasteiger partial charge on any atom is -0.325 e. The van der Waals surface area contributed by atoms with Crippen LogP contribution in [0.25, 0.3) is 10.7 Å². The summed E-state index contributed by atoms with van der Waals surface area (Å²) in [6.45, 7) is 0. The van der Waals surface area contributed by atoms with E-state index >= 15 is 0 Å². The van der Waals surface area contributed by atoms with Crippen molar-refractivity contribution in [3.63, 3.8) is 0 Å². The third-order valence-corrected chi connectivity index (χ3v) is 4.77. The number of thiophene rings is 1. The number of carbonyl (C=O) groups is 1. The Morgan fingerprint density at radius 1 is 1.43 bits per heavy atom. The zero-order valence-corrected chi connectivity index (χ0v) is 13.9. The maximum absolute atomic E-state index is 13.1. The molecule has 1 amide bonds. The molecule has 0 spiro atoms. The van der Waals surface area contributed by atoms with Crippen molar-refractivity contribution in [2.24, 2.45) is 0 Å². The maximum Gasteiger partial charge on any atom is 0.234 e. The molecule has 0 unspecified atom stereocenters. The molecule has 0 saturated carbocycles. The fourth-order valence-corrected chi connectivity index (χ4v) is 3.18. The predicted molar refractivity (Wildman–Crippen MR) is 90.5 cm³/mol. The van der Waals surface area contributed by atoms with Gasteiger partial charge < -0.3 is 5.32 Å². The second-order valence-electron chi connectivity index (χ2n) is 4.41. The quantitative estimate of drug-likeness (QED) is 0.666. The van der Waals surface area contributed by atoms with E-state index in [1.165, 1.54) is 30.0 Å². The molecule has 0 fully saturated rings. The molecule has 9 heteroatoms. The molecule has 0 atom stereocenters. The smallest absolute Gasteiger partial charge is 0.234 e. The van der Waals surface area contributed by atoms with Crippen molar-refractivity contribution >= 4 is 46.3 Å². The van der Waals surface area contributed by atoms with Crippen molar-refractivity contribution in [3.05, 3.63) is 46.6 Å². The fraction of sp³-hybridized carbons (Fsp3) is 0.0714. The number of halogens is 2. The Morgan fingerprint density at radius 3 is 3.04 bits per heavy atom. The lowest BCUT2D eigenvalue weighted by atomic mass is 10.3. The van der Waals surface area contributed by atoms with Crippen molar-refractivity contribution in [3.8, 4) is 10.7 Å². The maximum atomic E-state index is 13.1. The van der Waals surface area contributed by atoms with E-state index in [4.69, 9.17) is 11.6 Å². The molecule has 0 aliphatic carbocycles. The highest BCUT2D eigenvalue weighted by Gasteiger charge is 2.10. The fourth-order valence-electron chi connectivity index (χ4n) is 1.74. The van der Waals surface area contributed by atoms with Gasteiger partial charge in [0.15, 0.2) is 5.82 Å². The summed E-state index contributed by atoms with van der Waals surface area (Å²) in [6.07, 6.45) is 0. The first kappa shape index (κ1) is 16.0. The van der Waals surface area contributed by atoms with Crippen LogP contribution in [0.2, 0.25) is 5.02 Å². The topological polar surface area (TPSA) is 70.7 Å². The van der Waals surface area contributed by atoms with Crippen molar-refractivity contribution < 1.29 is 9.18 Å². The Bertz CT molecular complexity index is 822. The van der Waals surface area contributed by atoms with Gasteiger partial charge in [0.1, 0.15) is 5.82 Å². The van der Waals surface area contributed by atoms with Gasteiger partial charge in [0.2, 0.25) is 11.1 Å². The van der Waals surface area contributed by atoms with E-state index < -0.39 is 5.82 Å². The van der Waals surface area contributed by atoms with Crippen molar-refractivity contribution in [1.29, 1.82) is 0 Å². The lowest BCUT2D eigenvalue weighted by molar-refractivity contribution is -0.113. The van der Waals surface area contributed by atoms with E-state index in [0.717, 1.165) is 4.88 Å². The van der Waals surface area contributed by atoms with Crippen LogP contribution in [-0.2, 0) is 4.79 Å². The van der Waals surface area contributed by atoms with Gasteiger partial charge in [0.25, 0.3) is 0 Å². The molecule has 0 radical (unpaired) electrons. The number of nitrogens with one attached hydrogen (secondary N) is 2. The van der Waals surface area contributed by atoms with Crippen molar-refractivity contribution in [2.45, 2.75) is 5.16 Å². The van der Waals surface area contributed by atoms with Gasteiger partial charge in [-0.25, -0.2) is 9.37 Å². The predicted octanol–water partition coefficient (Wildman–Crippen LogP) is 4.06. The second kappa shape index (κ2) is 7.12. The summed E-state index contributed by atoms with van der Waals surface area (Å²) in [4.78, 5) is 17.2. The molecule has 0 saturated heterocycles. The first-order chi connectivity index (χ1) is 11.1. The highest BCUT2D eigenvalue weighted by Crippen LogP contribution is 2.23. The number of benzene rings is 1. The van der Waals surface area contributed by atoms with E-state index in [2.05, 4.69) is 20.5 Å². The summed E-state index contributed by atoms with van der Waals surface area (Å²) >= 11 is 8.43. The number of anilines is 1. The Labute approximate surface area is 144 Å². The SMILES string of the molecule is O=C(CSc1n[nH]c(-c2cccs2)n1)Nc1ccc(F)c(Cl)c1. The van der Waals surface area contributed by atoms with Gasteiger partial charge in [-0.05, 0) is 29.6 Å². The molecule has 0 bridgehead atoms. The minimum atomic E-state index is -0.527. The van der Waals surface area contributed by atoms with Gasteiger partial charge in [0, 0.05) is 5.69 Å². The van der Waals surface area contributed by atoms with Crippen LogP contribution in [0.4, 0.5) is 10.1 Å². The summed E-state index contributed by atoms with van der Waals surface area (Å²) in [5.74, 6) is 0.0331. The van der Waals surface area contributed by atoms with Gasteiger partial charge in [-0.3, -0.25) is 9.89 Å². The average molecular weight is 369 g/mol. The first-order valence-electron chi connectivity index (χ1n) is 6.46. The summed E-state index contributed by atoms with van der Waals surface area (Å²) in [7, 11) is 0. The molecule has 23 heavy (non-hydrogen) atoms. The Balaban J connectivity index is 1.55. The number of hydrogen-bond acceptors (Lipinski definition) is 5. The number of nitrogens with zero attached hydrogens (tertiary/aromatic N) is 2. The van der Waals surface area contributed by atoms with Gasteiger partial charge in [-0.15, -0.1) is 16.4 Å². The molecule has 5 nitrogen and oxygen atoms in total. The average Bonchev–Trinajstić information content (AvgIpc) is 3.19. The van der Waals surface area contributed by atoms with E-state index in [0.29, 0.717) is 16.7 Å². The Kier molecular flexibility index (Phi) is 4.94. The molecule has 2 N–H and O–H groups in total. The molecule has 0 aliphatic heterocycles. The van der Waals surface area contributed by atoms with E-state index in [1.807, 2.05) is 17.5 Å². The van der Waals surface area contributed by atoms with E-state index in [9.17, 15) is 9.18 Å². The van der Waals surface area contributed by atoms with Crippen LogP contribution in [0.3, 0.4) is 0 Å². The molecular weight excluding hydrogens is 359 g/mol. The van der Waals surface area contributed by atoms with Gasteiger partial charge in [-0.2, -0.15) is 0 Å². The number of H-pyrrole nitrogens is 1. The van der Waals surface area contributed by atoms with Crippen molar-refractivity contribution in [1.82, 2.24) is 15.2 Å². The van der Waals surface area contributed by atoms with E-state index in [-0.39, 0.29) is 16.7 Å². The van der Waals surface area contributed by atoms with Crippen LogP contribution < -0.4 is 5.32 Å². The number of amides is 1. The standard InChI is InChI=1S/C14H10ClFN4OS2/c15-9-6-8(3-4-10(9)16)17-12(21)7-23-14-18-13(19-20-14)11-2-1-5-22-11/h1-6H,7H2,(H,17,21)(H,18,19,20). The number of hydrogen-bond donors (Lipinski definition) is 2. The number of aromatic nitrogens is 3. The van der Waals surface area contributed by atoms with Crippen LogP contribution in [-0.4, -0.2) is 26.8 Å². The molecular formula is C14H10ClFN4OS2. The Hall–Kier alpha value is -1.90. The van der Waals surface area contributed by atoms with Crippen molar-refractivity contribution in [2.75, 3.05) is 11.1 Å². The number of rotatable bonds is 5. The highest BCUT2D eigenvalue weighted by atomic mass is 35.5. The van der Waals surface area contributed by atoms with Crippen LogP contribution >= 0.6 is 34.7 Å². The summed E-state index contributed by atoms with van der Waals surface area (Å²) in [5, 5.41) is 11.9. The number of carbonyl (C=O) groups excluding carboxylic acids is 1.